The van der Waals surface area contributed by atoms with E-state index in [1.165, 1.54) is 25.4 Å². The molecule has 3 aromatic rings. The van der Waals surface area contributed by atoms with E-state index in [0.717, 1.165) is 6.42 Å². The average Bonchev–Trinajstić information content (AvgIpc) is 2.87. The minimum absolute atomic E-state index is 0.0860. The molecular weight excluding hydrogens is 456 g/mol. The first kappa shape index (κ1) is 23.8. The summed E-state index contributed by atoms with van der Waals surface area (Å²) in [5, 5.41) is 0.651. The summed E-state index contributed by atoms with van der Waals surface area (Å²) in [6, 6.07) is 11.6. The molecule has 1 aromatic heterocycles. The standard InChI is InChI=1S/C25H28N2O6S/c1-4-33-25(28)17-6-5-13-27(16-17)24-21-14-19(32-3)9-12-22(21)26-15-23(24)34(29,30)20-10-7-18(31-2)8-11-20/h7-12,14-15,17H,4-6,13,16H2,1-3H3. The Morgan fingerprint density at radius 1 is 1.09 bits per heavy atom. The first-order chi connectivity index (χ1) is 16.4. The number of hydrogen-bond acceptors (Lipinski definition) is 8. The molecule has 0 spiro atoms. The fraction of sp³-hybridized carbons (Fsp3) is 0.360. The van der Waals surface area contributed by atoms with Crippen molar-refractivity contribution in [1.82, 2.24) is 4.98 Å². The quantitative estimate of drug-likeness (QED) is 0.467. The zero-order valence-corrected chi connectivity index (χ0v) is 20.3. The van der Waals surface area contributed by atoms with E-state index < -0.39 is 9.84 Å². The Hall–Kier alpha value is -3.33. The van der Waals surface area contributed by atoms with Crippen LogP contribution in [0.25, 0.3) is 10.9 Å². The fourth-order valence-electron chi connectivity index (χ4n) is 4.30. The molecule has 0 saturated carbocycles. The summed E-state index contributed by atoms with van der Waals surface area (Å²) in [6.07, 6.45) is 2.83. The molecule has 2 heterocycles. The monoisotopic (exact) mass is 484 g/mol. The Morgan fingerprint density at radius 2 is 1.79 bits per heavy atom. The van der Waals surface area contributed by atoms with Crippen molar-refractivity contribution in [3.05, 3.63) is 48.7 Å². The van der Waals surface area contributed by atoms with Gasteiger partial charge < -0.3 is 19.1 Å². The molecular formula is C25H28N2O6S. The maximum atomic E-state index is 13.8. The normalized spacial score (nSPS) is 16.3. The lowest BCUT2D eigenvalue weighted by Gasteiger charge is -2.35. The summed E-state index contributed by atoms with van der Waals surface area (Å²) in [4.78, 5) is 19.1. The van der Waals surface area contributed by atoms with Gasteiger partial charge in [-0.05, 0) is 62.2 Å². The maximum absolute atomic E-state index is 13.8. The number of pyridine rings is 1. The van der Waals surface area contributed by atoms with Gasteiger partial charge in [-0.3, -0.25) is 9.78 Å². The fourth-order valence-corrected chi connectivity index (χ4v) is 5.74. The van der Waals surface area contributed by atoms with Gasteiger partial charge in [0.15, 0.2) is 0 Å². The molecule has 0 amide bonds. The minimum Gasteiger partial charge on any atom is -0.497 e. The molecule has 1 unspecified atom stereocenters. The Kier molecular flexibility index (Phi) is 6.92. The molecule has 4 rings (SSSR count). The number of hydrogen-bond donors (Lipinski definition) is 0. The molecule has 9 heteroatoms. The topological polar surface area (TPSA) is 95.0 Å². The van der Waals surface area contributed by atoms with Crippen LogP contribution in [-0.2, 0) is 19.4 Å². The van der Waals surface area contributed by atoms with Gasteiger partial charge in [-0.2, -0.15) is 0 Å². The van der Waals surface area contributed by atoms with E-state index in [-0.39, 0.29) is 21.7 Å². The molecule has 1 atom stereocenters. The summed E-state index contributed by atoms with van der Waals surface area (Å²) in [7, 11) is -0.834. The van der Waals surface area contributed by atoms with E-state index in [4.69, 9.17) is 14.2 Å². The van der Waals surface area contributed by atoms with E-state index in [9.17, 15) is 13.2 Å². The number of ether oxygens (including phenoxy) is 3. The smallest absolute Gasteiger partial charge is 0.310 e. The number of fused-ring (bicyclic) bond motifs is 1. The van der Waals surface area contributed by atoms with Crippen molar-refractivity contribution < 1.29 is 27.4 Å². The number of carbonyl (C=O) groups excluding carboxylic acids is 1. The largest absolute Gasteiger partial charge is 0.497 e. The Balaban J connectivity index is 1.88. The summed E-state index contributed by atoms with van der Waals surface area (Å²) >= 11 is 0. The first-order valence-corrected chi connectivity index (χ1v) is 12.6. The number of benzene rings is 2. The second-order valence-electron chi connectivity index (χ2n) is 8.07. The number of methoxy groups -OCH3 is 2. The van der Waals surface area contributed by atoms with Crippen LogP contribution in [0.2, 0.25) is 0 Å². The molecule has 0 N–H and O–H groups in total. The van der Waals surface area contributed by atoms with Crippen molar-refractivity contribution in [2.45, 2.75) is 29.6 Å². The van der Waals surface area contributed by atoms with Crippen LogP contribution in [0, 0.1) is 5.92 Å². The van der Waals surface area contributed by atoms with Gasteiger partial charge in [-0.25, -0.2) is 8.42 Å². The van der Waals surface area contributed by atoms with Gasteiger partial charge in [0.1, 0.15) is 16.4 Å². The maximum Gasteiger partial charge on any atom is 0.310 e. The van der Waals surface area contributed by atoms with Gasteiger partial charge in [0.2, 0.25) is 9.84 Å². The average molecular weight is 485 g/mol. The molecule has 8 nitrogen and oxygen atoms in total. The van der Waals surface area contributed by atoms with Crippen LogP contribution in [0.3, 0.4) is 0 Å². The van der Waals surface area contributed by atoms with E-state index in [0.29, 0.717) is 54.2 Å². The summed E-state index contributed by atoms with van der Waals surface area (Å²) in [6.45, 7) is 3.06. The van der Waals surface area contributed by atoms with E-state index in [1.807, 2.05) is 4.90 Å². The zero-order chi connectivity index (χ0) is 24.3. The second kappa shape index (κ2) is 9.89. The Morgan fingerprint density at radius 3 is 2.47 bits per heavy atom. The molecule has 1 aliphatic heterocycles. The summed E-state index contributed by atoms with van der Waals surface area (Å²) in [5.74, 6) is 0.559. The number of carbonyl (C=O) groups is 1. The Labute approximate surface area is 199 Å². The van der Waals surface area contributed by atoms with Gasteiger partial charge in [0.25, 0.3) is 0 Å². The lowest BCUT2D eigenvalue weighted by Crippen LogP contribution is -2.40. The van der Waals surface area contributed by atoms with Crippen LogP contribution in [0.5, 0.6) is 11.5 Å². The highest BCUT2D eigenvalue weighted by atomic mass is 32.2. The highest BCUT2D eigenvalue weighted by Gasteiger charge is 2.32. The number of rotatable bonds is 7. The van der Waals surface area contributed by atoms with Crippen LogP contribution in [0.1, 0.15) is 19.8 Å². The van der Waals surface area contributed by atoms with Crippen molar-refractivity contribution in [2.24, 2.45) is 5.92 Å². The predicted molar refractivity (Wildman–Crippen MR) is 128 cm³/mol. The van der Waals surface area contributed by atoms with Crippen molar-refractivity contribution in [2.75, 3.05) is 38.8 Å². The molecule has 1 saturated heterocycles. The highest BCUT2D eigenvalue weighted by Crippen LogP contribution is 2.39. The molecule has 1 aliphatic rings. The number of nitrogens with zero attached hydrogens (tertiary/aromatic N) is 2. The molecule has 1 fully saturated rings. The number of piperidine rings is 1. The van der Waals surface area contributed by atoms with Crippen LogP contribution in [0.15, 0.2) is 58.5 Å². The van der Waals surface area contributed by atoms with Gasteiger partial charge >= 0.3 is 5.97 Å². The first-order valence-electron chi connectivity index (χ1n) is 11.2. The third kappa shape index (κ3) is 4.52. The SMILES string of the molecule is CCOC(=O)C1CCCN(c2c(S(=O)(=O)c3ccc(OC)cc3)cnc3ccc(OC)cc23)C1. The van der Waals surface area contributed by atoms with Crippen LogP contribution in [0.4, 0.5) is 5.69 Å². The molecule has 0 aliphatic carbocycles. The lowest BCUT2D eigenvalue weighted by atomic mass is 9.97. The molecule has 2 aromatic carbocycles. The van der Waals surface area contributed by atoms with Gasteiger partial charge in [0, 0.05) is 24.7 Å². The number of sulfone groups is 1. The van der Waals surface area contributed by atoms with Crippen molar-refractivity contribution in [1.29, 1.82) is 0 Å². The molecule has 180 valence electrons. The van der Waals surface area contributed by atoms with E-state index >= 15 is 0 Å². The van der Waals surface area contributed by atoms with Crippen molar-refractivity contribution >= 4 is 32.4 Å². The summed E-state index contributed by atoms with van der Waals surface area (Å²) in [5.41, 5.74) is 1.16. The van der Waals surface area contributed by atoms with Crippen molar-refractivity contribution in [3.8, 4) is 11.5 Å². The third-order valence-corrected chi connectivity index (χ3v) is 7.80. The number of aromatic nitrogens is 1. The van der Waals surface area contributed by atoms with Gasteiger partial charge in [0.05, 0.1) is 42.8 Å². The number of anilines is 1. The Bertz CT molecular complexity index is 1290. The molecule has 0 bridgehead atoms. The number of esters is 1. The van der Waals surface area contributed by atoms with E-state index in [2.05, 4.69) is 4.98 Å². The third-order valence-electron chi connectivity index (χ3n) is 6.03. The zero-order valence-electron chi connectivity index (χ0n) is 19.5. The minimum atomic E-state index is -3.92. The van der Waals surface area contributed by atoms with Gasteiger partial charge in [-0.1, -0.05) is 0 Å². The van der Waals surface area contributed by atoms with Gasteiger partial charge in [-0.15, -0.1) is 0 Å². The molecule has 0 radical (unpaired) electrons. The highest BCUT2D eigenvalue weighted by molar-refractivity contribution is 7.91. The summed E-state index contributed by atoms with van der Waals surface area (Å²) < 4.78 is 43.4. The van der Waals surface area contributed by atoms with Crippen LogP contribution in [-0.4, -0.2) is 53.3 Å². The van der Waals surface area contributed by atoms with Crippen LogP contribution < -0.4 is 14.4 Å². The van der Waals surface area contributed by atoms with Crippen LogP contribution >= 0.6 is 0 Å². The van der Waals surface area contributed by atoms with Crippen molar-refractivity contribution in [3.63, 3.8) is 0 Å². The predicted octanol–water partition coefficient (Wildman–Crippen LogP) is 3.86. The lowest BCUT2D eigenvalue weighted by molar-refractivity contribution is -0.148. The second-order valence-corrected chi connectivity index (χ2v) is 9.99. The van der Waals surface area contributed by atoms with E-state index in [1.54, 1.807) is 44.4 Å². The molecule has 34 heavy (non-hydrogen) atoms.